The largest absolute Gasteiger partial charge is 0.396 e. The van der Waals surface area contributed by atoms with Gasteiger partial charge in [0.05, 0.1) is 17.3 Å². The second-order valence-corrected chi connectivity index (χ2v) is 4.33. The zero-order valence-corrected chi connectivity index (χ0v) is 10.7. The van der Waals surface area contributed by atoms with Crippen molar-refractivity contribution >= 4 is 11.6 Å². The third kappa shape index (κ3) is 2.90. The third-order valence-electron chi connectivity index (χ3n) is 2.86. The van der Waals surface area contributed by atoms with Crippen molar-refractivity contribution in [3.8, 4) is 0 Å². The molecule has 1 unspecified atom stereocenters. The zero-order valence-electron chi connectivity index (χ0n) is 10.7. The van der Waals surface area contributed by atoms with Gasteiger partial charge in [-0.05, 0) is 36.8 Å². The van der Waals surface area contributed by atoms with E-state index in [9.17, 15) is 13.6 Å². The van der Waals surface area contributed by atoms with Crippen LogP contribution in [0, 0.1) is 11.6 Å². The van der Waals surface area contributed by atoms with Crippen LogP contribution in [0.2, 0.25) is 0 Å². The van der Waals surface area contributed by atoms with E-state index in [-0.39, 0.29) is 6.04 Å². The van der Waals surface area contributed by atoms with Crippen LogP contribution >= 0.6 is 0 Å². The van der Waals surface area contributed by atoms with Crippen LogP contribution in [-0.4, -0.2) is 10.9 Å². The lowest BCUT2D eigenvalue weighted by Crippen LogP contribution is -2.27. The molecule has 0 saturated carbocycles. The standard InChI is InChI=1S/C14H13F2N3O/c1-8(9-2-4-18-5-3-9)19-14(20)11-6-10(15)7-12(17)13(11)16/h2-8H,17H2,1H3,(H,19,20). The number of aromatic nitrogens is 1. The number of rotatable bonds is 3. The van der Waals surface area contributed by atoms with Crippen LogP contribution < -0.4 is 11.1 Å². The first-order chi connectivity index (χ1) is 9.49. The lowest BCUT2D eigenvalue weighted by Gasteiger charge is -2.14. The molecule has 0 aliphatic rings. The molecule has 0 radical (unpaired) electrons. The molecule has 0 spiro atoms. The molecule has 0 aliphatic heterocycles. The zero-order chi connectivity index (χ0) is 14.7. The minimum atomic E-state index is -0.925. The number of carbonyl (C=O) groups is 1. The van der Waals surface area contributed by atoms with Gasteiger partial charge in [-0.1, -0.05) is 0 Å². The summed E-state index contributed by atoms with van der Waals surface area (Å²) in [5, 5.41) is 2.58. The SMILES string of the molecule is CC(NC(=O)c1cc(F)cc(N)c1F)c1ccncc1. The smallest absolute Gasteiger partial charge is 0.254 e. The molecule has 0 fully saturated rings. The fourth-order valence-corrected chi connectivity index (χ4v) is 1.79. The maximum atomic E-state index is 13.7. The van der Waals surface area contributed by atoms with Gasteiger partial charge in [0.15, 0.2) is 5.82 Å². The van der Waals surface area contributed by atoms with Gasteiger partial charge < -0.3 is 11.1 Å². The van der Waals surface area contributed by atoms with E-state index in [2.05, 4.69) is 10.3 Å². The Labute approximate surface area is 114 Å². The number of hydrogen-bond acceptors (Lipinski definition) is 3. The van der Waals surface area contributed by atoms with Gasteiger partial charge in [0, 0.05) is 12.4 Å². The van der Waals surface area contributed by atoms with Gasteiger partial charge in [0.2, 0.25) is 0 Å². The van der Waals surface area contributed by atoms with Gasteiger partial charge in [0.1, 0.15) is 5.82 Å². The van der Waals surface area contributed by atoms with E-state index in [0.717, 1.165) is 17.7 Å². The highest BCUT2D eigenvalue weighted by molar-refractivity contribution is 5.95. The molecule has 4 nitrogen and oxygen atoms in total. The first-order valence-corrected chi connectivity index (χ1v) is 5.94. The molecule has 0 saturated heterocycles. The summed E-state index contributed by atoms with van der Waals surface area (Å²) in [7, 11) is 0. The first-order valence-electron chi connectivity index (χ1n) is 5.94. The van der Waals surface area contributed by atoms with Gasteiger partial charge in [-0.2, -0.15) is 0 Å². The second kappa shape index (κ2) is 5.64. The van der Waals surface area contributed by atoms with E-state index >= 15 is 0 Å². The Kier molecular flexibility index (Phi) is 3.93. The van der Waals surface area contributed by atoms with Gasteiger partial charge >= 0.3 is 0 Å². The lowest BCUT2D eigenvalue weighted by molar-refractivity contribution is 0.0935. The Bertz CT molecular complexity index is 632. The second-order valence-electron chi connectivity index (χ2n) is 4.33. The van der Waals surface area contributed by atoms with E-state index in [4.69, 9.17) is 5.73 Å². The van der Waals surface area contributed by atoms with E-state index < -0.39 is 28.8 Å². The summed E-state index contributed by atoms with van der Waals surface area (Å²) in [5.74, 6) is -2.41. The number of halogens is 2. The average molecular weight is 277 g/mol. The molecule has 1 amide bonds. The monoisotopic (exact) mass is 277 g/mol. The van der Waals surface area contributed by atoms with E-state index in [1.807, 2.05) is 0 Å². The Hall–Kier alpha value is -2.50. The third-order valence-corrected chi connectivity index (χ3v) is 2.86. The first kappa shape index (κ1) is 13.9. The Morgan fingerprint density at radius 3 is 2.60 bits per heavy atom. The summed E-state index contributed by atoms with van der Waals surface area (Å²) in [6.45, 7) is 1.73. The number of carbonyl (C=O) groups excluding carboxylic acids is 1. The molecule has 1 aromatic carbocycles. The minimum Gasteiger partial charge on any atom is -0.396 e. The predicted molar refractivity (Wildman–Crippen MR) is 70.9 cm³/mol. The number of amides is 1. The van der Waals surface area contributed by atoms with Crippen LogP contribution in [0.5, 0.6) is 0 Å². The van der Waals surface area contributed by atoms with Gasteiger partial charge in [-0.3, -0.25) is 9.78 Å². The van der Waals surface area contributed by atoms with Crippen molar-refractivity contribution in [2.24, 2.45) is 0 Å². The minimum absolute atomic E-state index is 0.366. The molecule has 2 rings (SSSR count). The normalized spacial score (nSPS) is 11.9. The van der Waals surface area contributed by atoms with Crippen molar-refractivity contribution < 1.29 is 13.6 Å². The summed E-state index contributed by atoms with van der Waals surface area (Å²) in [5.41, 5.74) is 5.29. The molecule has 104 valence electrons. The molecule has 3 N–H and O–H groups in total. The van der Waals surface area contributed by atoms with Gasteiger partial charge in [-0.25, -0.2) is 8.78 Å². The highest BCUT2D eigenvalue weighted by Crippen LogP contribution is 2.19. The van der Waals surface area contributed by atoms with Crippen molar-refractivity contribution in [3.63, 3.8) is 0 Å². The summed E-state index contributed by atoms with van der Waals surface area (Å²) in [6.07, 6.45) is 3.16. The molecule has 2 aromatic rings. The maximum absolute atomic E-state index is 13.7. The average Bonchev–Trinajstić information content (AvgIpc) is 2.43. The Morgan fingerprint density at radius 1 is 1.30 bits per heavy atom. The fraction of sp³-hybridized carbons (Fsp3) is 0.143. The van der Waals surface area contributed by atoms with E-state index in [0.29, 0.717) is 0 Å². The molecule has 1 heterocycles. The summed E-state index contributed by atoms with van der Waals surface area (Å²) in [4.78, 5) is 15.8. The van der Waals surface area contributed by atoms with Crippen LogP contribution in [0.3, 0.4) is 0 Å². The molecular weight excluding hydrogens is 264 g/mol. The van der Waals surface area contributed by atoms with Crippen LogP contribution in [0.1, 0.15) is 28.9 Å². The topological polar surface area (TPSA) is 68.0 Å². The summed E-state index contributed by atoms with van der Waals surface area (Å²) < 4.78 is 26.9. The number of pyridine rings is 1. The Morgan fingerprint density at radius 2 is 1.95 bits per heavy atom. The van der Waals surface area contributed by atoms with Crippen molar-refractivity contribution in [1.82, 2.24) is 10.3 Å². The Balaban J connectivity index is 2.21. The number of nitrogens with one attached hydrogen (secondary N) is 1. The fourth-order valence-electron chi connectivity index (χ4n) is 1.79. The summed E-state index contributed by atoms with van der Waals surface area (Å²) in [6, 6.07) is 4.73. The number of anilines is 1. The van der Waals surface area contributed by atoms with Crippen molar-refractivity contribution in [2.45, 2.75) is 13.0 Å². The van der Waals surface area contributed by atoms with E-state index in [1.165, 1.54) is 0 Å². The molecule has 6 heteroatoms. The maximum Gasteiger partial charge on any atom is 0.254 e. The van der Waals surface area contributed by atoms with Crippen molar-refractivity contribution in [3.05, 3.63) is 59.4 Å². The highest BCUT2D eigenvalue weighted by Gasteiger charge is 2.18. The molecular formula is C14H13F2N3O. The van der Waals surface area contributed by atoms with Gasteiger partial charge in [0.25, 0.3) is 5.91 Å². The summed E-state index contributed by atoms with van der Waals surface area (Å²) >= 11 is 0. The highest BCUT2D eigenvalue weighted by atomic mass is 19.1. The van der Waals surface area contributed by atoms with Crippen molar-refractivity contribution in [1.29, 1.82) is 0 Å². The van der Waals surface area contributed by atoms with E-state index in [1.54, 1.807) is 31.5 Å². The molecule has 0 aliphatic carbocycles. The van der Waals surface area contributed by atoms with Crippen molar-refractivity contribution in [2.75, 3.05) is 5.73 Å². The van der Waals surface area contributed by atoms with Crippen LogP contribution in [0.4, 0.5) is 14.5 Å². The van der Waals surface area contributed by atoms with Gasteiger partial charge in [-0.15, -0.1) is 0 Å². The van der Waals surface area contributed by atoms with Crippen LogP contribution in [0.15, 0.2) is 36.7 Å². The molecule has 0 bridgehead atoms. The number of benzene rings is 1. The van der Waals surface area contributed by atoms with Crippen LogP contribution in [-0.2, 0) is 0 Å². The molecule has 20 heavy (non-hydrogen) atoms. The molecule has 1 atom stereocenters. The number of nitrogens with two attached hydrogens (primary N) is 1. The number of nitrogen functional groups attached to an aromatic ring is 1. The lowest BCUT2D eigenvalue weighted by atomic mass is 10.1. The quantitative estimate of drug-likeness (QED) is 0.847. The van der Waals surface area contributed by atoms with Crippen LogP contribution in [0.25, 0.3) is 0 Å². The molecule has 1 aromatic heterocycles. The number of nitrogens with zero attached hydrogens (tertiary/aromatic N) is 1. The predicted octanol–water partition coefficient (Wildman–Crippen LogP) is 2.43. The number of hydrogen-bond donors (Lipinski definition) is 2.